The Labute approximate surface area is 97.4 Å². The summed E-state index contributed by atoms with van der Waals surface area (Å²) >= 11 is 0. The summed E-state index contributed by atoms with van der Waals surface area (Å²) in [7, 11) is 0. The molecule has 94 valence electrons. The summed E-state index contributed by atoms with van der Waals surface area (Å²) in [5, 5.41) is 0. The van der Waals surface area contributed by atoms with Gasteiger partial charge in [0.25, 0.3) is 0 Å². The van der Waals surface area contributed by atoms with E-state index in [2.05, 4.69) is 0 Å². The van der Waals surface area contributed by atoms with Crippen molar-refractivity contribution in [3.63, 3.8) is 0 Å². The van der Waals surface area contributed by atoms with Gasteiger partial charge in [-0.2, -0.15) is 13.2 Å². The summed E-state index contributed by atoms with van der Waals surface area (Å²) in [4.78, 5) is 11.6. The Kier molecular flexibility index (Phi) is 3.80. The first-order valence-electron chi connectivity index (χ1n) is 5.10. The molecule has 0 bridgehead atoms. The van der Waals surface area contributed by atoms with Crippen LogP contribution < -0.4 is 0 Å². The van der Waals surface area contributed by atoms with E-state index in [1.165, 1.54) is 12.1 Å². The van der Waals surface area contributed by atoms with Gasteiger partial charge in [-0.05, 0) is 32.9 Å². The van der Waals surface area contributed by atoms with E-state index in [1.54, 1.807) is 20.8 Å². The maximum Gasteiger partial charge on any atom is 0.417 e. The fraction of sp³-hybridized carbons (Fsp3) is 0.417. The Morgan fingerprint density at radius 3 is 2.35 bits per heavy atom. The molecule has 0 aliphatic carbocycles. The highest BCUT2D eigenvalue weighted by molar-refractivity contribution is 5.91. The van der Waals surface area contributed by atoms with E-state index in [0.29, 0.717) is 5.56 Å². The van der Waals surface area contributed by atoms with E-state index < -0.39 is 29.4 Å². The van der Waals surface area contributed by atoms with Crippen LogP contribution in [0.4, 0.5) is 13.2 Å². The van der Waals surface area contributed by atoms with Crippen LogP contribution in [-0.4, -0.2) is 12.1 Å². The zero-order valence-corrected chi connectivity index (χ0v) is 9.76. The topological polar surface area (TPSA) is 26.3 Å². The molecule has 17 heavy (non-hydrogen) atoms. The Morgan fingerprint density at radius 2 is 1.88 bits per heavy atom. The molecule has 1 aromatic rings. The first-order valence-corrected chi connectivity index (χ1v) is 5.10. The quantitative estimate of drug-likeness (QED) is 0.745. The van der Waals surface area contributed by atoms with E-state index in [4.69, 9.17) is 4.74 Å². The lowest BCUT2D eigenvalue weighted by Crippen LogP contribution is -2.18. The van der Waals surface area contributed by atoms with Crippen LogP contribution in [0, 0.1) is 6.92 Å². The monoisotopic (exact) mass is 246 g/mol. The molecule has 0 aromatic heterocycles. The molecule has 1 rings (SSSR count). The average molecular weight is 246 g/mol. The summed E-state index contributed by atoms with van der Waals surface area (Å²) in [6.07, 6.45) is -5.01. The molecular weight excluding hydrogens is 233 g/mol. The zero-order valence-electron chi connectivity index (χ0n) is 9.76. The van der Waals surface area contributed by atoms with Gasteiger partial charge in [-0.15, -0.1) is 0 Å². The molecule has 0 saturated heterocycles. The van der Waals surface area contributed by atoms with Crippen molar-refractivity contribution >= 4 is 5.97 Å². The fourth-order valence-corrected chi connectivity index (χ4v) is 1.35. The SMILES string of the molecule is Cc1ccc(C(F)(F)F)c(C(=O)OC(C)C)c1. The highest BCUT2D eigenvalue weighted by Crippen LogP contribution is 2.32. The molecule has 0 heterocycles. The molecule has 1 aromatic carbocycles. The van der Waals surface area contributed by atoms with Gasteiger partial charge in [-0.1, -0.05) is 11.6 Å². The standard InChI is InChI=1S/C12H13F3O2/c1-7(2)17-11(16)9-6-8(3)4-5-10(9)12(13,14)15/h4-7H,1-3H3. The zero-order chi connectivity index (χ0) is 13.2. The molecule has 0 spiro atoms. The van der Waals surface area contributed by atoms with Gasteiger partial charge in [0.05, 0.1) is 17.2 Å². The van der Waals surface area contributed by atoms with Gasteiger partial charge in [0.1, 0.15) is 0 Å². The van der Waals surface area contributed by atoms with Crippen LogP contribution in [-0.2, 0) is 10.9 Å². The summed E-state index contributed by atoms with van der Waals surface area (Å²) in [5.41, 5.74) is -0.825. The number of hydrogen-bond acceptors (Lipinski definition) is 2. The van der Waals surface area contributed by atoms with Crippen molar-refractivity contribution in [2.45, 2.75) is 33.1 Å². The molecule has 0 radical (unpaired) electrons. The third-order valence-corrected chi connectivity index (χ3v) is 2.04. The van der Waals surface area contributed by atoms with Gasteiger partial charge in [-0.25, -0.2) is 4.79 Å². The van der Waals surface area contributed by atoms with Gasteiger partial charge in [-0.3, -0.25) is 0 Å². The van der Waals surface area contributed by atoms with Crippen LogP contribution >= 0.6 is 0 Å². The number of rotatable bonds is 2. The van der Waals surface area contributed by atoms with E-state index >= 15 is 0 Å². The molecule has 5 heteroatoms. The fourth-order valence-electron chi connectivity index (χ4n) is 1.35. The third-order valence-electron chi connectivity index (χ3n) is 2.04. The molecule has 0 unspecified atom stereocenters. The number of carbonyl (C=O) groups is 1. The van der Waals surface area contributed by atoms with Gasteiger partial charge in [0.15, 0.2) is 0 Å². The minimum Gasteiger partial charge on any atom is -0.459 e. The number of alkyl halides is 3. The lowest BCUT2D eigenvalue weighted by atomic mass is 10.0. The number of esters is 1. The molecule has 0 aliphatic rings. The van der Waals surface area contributed by atoms with Crippen molar-refractivity contribution in [1.82, 2.24) is 0 Å². The summed E-state index contributed by atoms with van der Waals surface area (Å²) in [6.45, 7) is 4.79. The predicted octanol–water partition coefficient (Wildman–Crippen LogP) is 3.58. The maximum atomic E-state index is 12.7. The second kappa shape index (κ2) is 4.77. The van der Waals surface area contributed by atoms with Gasteiger partial charge < -0.3 is 4.74 Å². The molecule has 0 aliphatic heterocycles. The minimum atomic E-state index is -4.56. The van der Waals surface area contributed by atoms with Crippen LogP contribution in [0.3, 0.4) is 0 Å². The summed E-state index contributed by atoms with van der Waals surface area (Å²) in [5.74, 6) is -0.948. The van der Waals surface area contributed by atoms with Crippen LogP contribution in [0.15, 0.2) is 18.2 Å². The van der Waals surface area contributed by atoms with Crippen molar-refractivity contribution < 1.29 is 22.7 Å². The average Bonchev–Trinajstić information content (AvgIpc) is 2.14. The van der Waals surface area contributed by atoms with Gasteiger partial charge in [0, 0.05) is 0 Å². The van der Waals surface area contributed by atoms with Crippen molar-refractivity contribution in [2.75, 3.05) is 0 Å². The van der Waals surface area contributed by atoms with E-state index in [-0.39, 0.29) is 0 Å². The van der Waals surface area contributed by atoms with Gasteiger partial charge >= 0.3 is 12.1 Å². The molecule has 0 amide bonds. The third kappa shape index (κ3) is 3.47. The number of benzene rings is 1. The Bertz CT molecular complexity index is 422. The highest BCUT2D eigenvalue weighted by atomic mass is 19.4. The predicted molar refractivity (Wildman–Crippen MR) is 56.7 cm³/mol. The van der Waals surface area contributed by atoms with Crippen molar-refractivity contribution in [3.05, 3.63) is 34.9 Å². The Morgan fingerprint density at radius 1 is 1.29 bits per heavy atom. The van der Waals surface area contributed by atoms with Crippen LogP contribution in [0.5, 0.6) is 0 Å². The smallest absolute Gasteiger partial charge is 0.417 e. The molecule has 0 atom stereocenters. The molecular formula is C12H13F3O2. The number of ether oxygens (including phenoxy) is 1. The second-order valence-corrected chi connectivity index (χ2v) is 4.00. The summed E-state index contributed by atoms with van der Waals surface area (Å²) in [6, 6.07) is 3.40. The van der Waals surface area contributed by atoms with Crippen LogP contribution in [0.25, 0.3) is 0 Å². The molecule has 0 saturated carbocycles. The lowest BCUT2D eigenvalue weighted by Gasteiger charge is -2.14. The van der Waals surface area contributed by atoms with Crippen LogP contribution in [0.2, 0.25) is 0 Å². The Hall–Kier alpha value is -1.52. The molecule has 0 N–H and O–H groups in total. The number of aryl methyl sites for hydroxylation is 1. The highest BCUT2D eigenvalue weighted by Gasteiger charge is 2.35. The minimum absolute atomic E-state index is 0.439. The number of carbonyl (C=O) groups excluding carboxylic acids is 1. The van der Waals surface area contributed by atoms with Crippen molar-refractivity contribution in [1.29, 1.82) is 0 Å². The van der Waals surface area contributed by atoms with Crippen molar-refractivity contribution in [2.24, 2.45) is 0 Å². The maximum absolute atomic E-state index is 12.7. The number of halogens is 3. The van der Waals surface area contributed by atoms with E-state index in [0.717, 1.165) is 6.07 Å². The summed E-state index contributed by atoms with van der Waals surface area (Å²) < 4.78 is 42.8. The largest absolute Gasteiger partial charge is 0.459 e. The Balaban J connectivity index is 3.21. The van der Waals surface area contributed by atoms with E-state index in [1.807, 2.05) is 0 Å². The van der Waals surface area contributed by atoms with Crippen LogP contribution in [0.1, 0.15) is 35.3 Å². The molecule has 0 fully saturated rings. The van der Waals surface area contributed by atoms with Gasteiger partial charge in [0.2, 0.25) is 0 Å². The first kappa shape index (κ1) is 13.5. The molecule has 2 nitrogen and oxygen atoms in total. The lowest BCUT2D eigenvalue weighted by molar-refractivity contribution is -0.138. The van der Waals surface area contributed by atoms with E-state index in [9.17, 15) is 18.0 Å². The normalized spacial score (nSPS) is 11.7. The van der Waals surface area contributed by atoms with Crippen molar-refractivity contribution in [3.8, 4) is 0 Å². The second-order valence-electron chi connectivity index (χ2n) is 4.00. The first-order chi connectivity index (χ1) is 7.71. The number of hydrogen-bond donors (Lipinski definition) is 0.